The highest BCUT2D eigenvalue weighted by Gasteiger charge is 2.35. The second-order valence-electron chi connectivity index (χ2n) is 4.11. The average Bonchev–Trinajstić information content (AvgIpc) is 2.79. The number of aromatic amines is 1. The molecule has 0 aliphatic heterocycles. The number of nitrogens with zero attached hydrogens (tertiary/aromatic N) is 2. The first-order valence-corrected chi connectivity index (χ1v) is 6.47. The first-order valence-electron chi connectivity index (χ1n) is 5.68. The number of hydrogen-bond donors (Lipinski definition) is 3. The number of alkyl halides is 3. The van der Waals surface area contributed by atoms with Gasteiger partial charge in [-0.1, -0.05) is 15.9 Å². The summed E-state index contributed by atoms with van der Waals surface area (Å²) >= 11 is 3.25. The molecular weight excluding hydrogens is 369 g/mol. The van der Waals surface area contributed by atoms with Crippen LogP contribution in [0.4, 0.5) is 19.1 Å². The second kappa shape index (κ2) is 5.79. The second-order valence-corrected chi connectivity index (χ2v) is 5.03. The van der Waals surface area contributed by atoms with Crippen molar-refractivity contribution in [3.8, 4) is 0 Å². The van der Waals surface area contributed by atoms with E-state index in [0.717, 1.165) is 4.47 Å². The van der Waals surface area contributed by atoms with E-state index < -0.39 is 23.4 Å². The average molecular weight is 377 g/mol. The van der Waals surface area contributed by atoms with Crippen molar-refractivity contribution in [2.24, 2.45) is 10.7 Å². The number of allylic oxidation sites excluding steroid dienone is 1. The number of hydrogen-bond acceptors (Lipinski definition) is 4. The Kier molecular flexibility index (Phi) is 4.22. The van der Waals surface area contributed by atoms with E-state index in [1.54, 1.807) is 18.2 Å². The van der Waals surface area contributed by atoms with Crippen molar-refractivity contribution in [3.05, 3.63) is 33.9 Å². The lowest BCUT2D eigenvalue weighted by Gasteiger charge is -2.07. The van der Waals surface area contributed by atoms with Gasteiger partial charge in [-0.25, -0.2) is 14.8 Å². The number of benzene rings is 1. The smallest absolute Gasteiger partial charge is 0.431 e. The SMILES string of the molecule is NC(=C(C=Nc1nc2ccc(Br)cc2[nH]1)C(=O)O)C(F)(F)F. The minimum Gasteiger partial charge on any atom is -0.478 e. The van der Waals surface area contributed by atoms with Crippen molar-refractivity contribution >= 4 is 45.1 Å². The molecule has 10 heteroatoms. The third kappa shape index (κ3) is 3.45. The zero-order valence-electron chi connectivity index (χ0n) is 10.6. The number of aromatic nitrogens is 2. The molecule has 1 aromatic heterocycles. The molecule has 2 rings (SSSR count). The Labute approximate surface area is 129 Å². The quantitative estimate of drug-likeness (QED) is 0.565. The molecule has 0 unspecified atom stereocenters. The van der Waals surface area contributed by atoms with Gasteiger partial charge in [0.25, 0.3) is 0 Å². The fourth-order valence-electron chi connectivity index (χ4n) is 1.55. The number of imidazole rings is 1. The summed E-state index contributed by atoms with van der Waals surface area (Å²) in [6.45, 7) is 0. The van der Waals surface area contributed by atoms with Crippen molar-refractivity contribution in [1.82, 2.24) is 9.97 Å². The molecule has 0 saturated heterocycles. The highest BCUT2D eigenvalue weighted by molar-refractivity contribution is 9.10. The molecule has 0 spiro atoms. The van der Waals surface area contributed by atoms with E-state index in [0.29, 0.717) is 17.2 Å². The summed E-state index contributed by atoms with van der Waals surface area (Å²) in [5.74, 6) is -1.88. The Hall–Kier alpha value is -2.36. The van der Waals surface area contributed by atoms with E-state index >= 15 is 0 Å². The van der Waals surface area contributed by atoms with Crippen LogP contribution in [0.15, 0.2) is 38.9 Å². The normalized spacial score (nSPS) is 13.6. The maximum Gasteiger partial charge on any atom is 0.431 e. The molecule has 0 amide bonds. The molecule has 0 aliphatic carbocycles. The molecular formula is C12H8BrF3N4O2. The molecule has 0 atom stereocenters. The zero-order valence-corrected chi connectivity index (χ0v) is 12.2. The number of nitrogens with one attached hydrogen (secondary N) is 1. The van der Waals surface area contributed by atoms with Crippen molar-refractivity contribution < 1.29 is 23.1 Å². The van der Waals surface area contributed by atoms with Crippen LogP contribution in [0, 0.1) is 0 Å². The van der Waals surface area contributed by atoms with Gasteiger partial charge < -0.3 is 15.8 Å². The minimum absolute atomic E-state index is 0.0400. The molecule has 1 heterocycles. The fraction of sp³-hybridized carbons (Fsp3) is 0.0833. The van der Waals surface area contributed by atoms with Crippen LogP contribution in [-0.2, 0) is 4.79 Å². The first kappa shape index (κ1) is 16.0. The molecule has 0 aliphatic rings. The van der Waals surface area contributed by atoms with Crippen LogP contribution in [0.25, 0.3) is 11.0 Å². The summed E-state index contributed by atoms with van der Waals surface area (Å²) in [7, 11) is 0. The summed E-state index contributed by atoms with van der Waals surface area (Å²) in [5, 5.41) is 8.80. The number of rotatable bonds is 3. The van der Waals surface area contributed by atoms with E-state index in [9.17, 15) is 18.0 Å². The molecule has 0 radical (unpaired) electrons. The zero-order chi connectivity index (χ0) is 16.5. The number of carbonyl (C=O) groups is 1. The number of halogens is 4. The van der Waals surface area contributed by atoms with E-state index in [4.69, 9.17) is 10.8 Å². The van der Waals surface area contributed by atoms with Crippen LogP contribution in [0.1, 0.15) is 0 Å². The van der Waals surface area contributed by atoms with Crippen LogP contribution >= 0.6 is 15.9 Å². The van der Waals surface area contributed by atoms with Crippen LogP contribution in [-0.4, -0.2) is 33.4 Å². The molecule has 0 saturated carbocycles. The maximum absolute atomic E-state index is 12.5. The molecule has 0 bridgehead atoms. The number of carboxylic acid groups (broad SMARTS) is 1. The van der Waals surface area contributed by atoms with Crippen molar-refractivity contribution in [2.45, 2.75) is 6.18 Å². The number of carboxylic acids is 1. The topological polar surface area (TPSA) is 104 Å². The number of aliphatic imine (C=N–C) groups is 1. The number of fused-ring (bicyclic) bond motifs is 1. The van der Waals surface area contributed by atoms with Gasteiger partial charge in [0.15, 0.2) is 0 Å². The predicted octanol–water partition coefficient (Wildman–Crippen LogP) is 2.89. The van der Waals surface area contributed by atoms with Gasteiger partial charge in [-0.05, 0) is 18.2 Å². The van der Waals surface area contributed by atoms with Gasteiger partial charge in [0.1, 0.15) is 11.3 Å². The Bertz CT molecular complexity index is 795. The van der Waals surface area contributed by atoms with Crippen LogP contribution in [0.5, 0.6) is 0 Å². The van der Waals surface area contributed by atoms with Gasteiger partial charge in [-0.3, -0.25) is 0 Å². The molecule has 4 N–H and O–H groups in total. The van der Waals surface area contributed by atoms with Crippen LogP contribution in [0.2, 0.25) is 0 Å². The molecule has 116 valence electrons. The molecule has 6 nitrogen and oxygen atoms in total. The monoisotopic (exact) mass is 376 g/mol. The summed E-state index contributed by atoms with van der Waals surface area (Å²) in [4.78, 5) is 21.2. The van der Waals surface area contributed by atoms with Crippen LogP contribution < -0.4 is 5.73 Å². The minimum atomic E-state index is -4.96. The summed E-state index contributed by atoms with van der Waals surface area (Å²) < 4.78 is 38.2. The third-order valence-electron chi connectivity index (χ3n) is 2.57. The Morgan fingerprint density at radius 1 is 1.45 bits per heavy atom. The highest BCUT2D eigenvalue weighted by atomic mass is 79.9. The van der Waals surface area contributed by atoms with Crippen LogP contribution in [0.3, 0.4) is 0 Å². The largest absolute Gasteiger partial charge is 0.478 e. The number of nitrogens with two attached hydrogens (primary N) is 1. The van der Waals surface area contributed by atoms with Crippen molar-refractivity contribution in [3.63, 3.8) is 0 Å². The Morgan fingerprint density at radius 2 is 2.14 bits per heavy atom. The van der Waals surface area contributed by atoms with Gasteiger partial charge in [-0.2, -0.15) is 13.2 Å². The first-order chi connectivity index (χ1) is 10.2. The fourth-order valence-corrected chi connectivity index (χ4v) is 1.91. The summed E-state index contributed by atoms with van der Waals surface area (Å²) in [5.41, 5.74) is 3.03. The van der Waals surface area contributed by atoms with Crippen molar-refractivity contribution in [2.75, 3.05) is 0 Å². The van der Waals surface area contributed by atoms with E-state index in [1.807, 2.05) is 0 Å². The van der Waals surface area contributed by atoms with Gasteiger partial charge >= 0.3 is 12.1 Å². The Balaban J connectivity index is 2.40. The molecule has 1 aromatic carbocycles. The maximum atomic E-state index is 12.5. The predicted molar refractivity (Wildman–Crippen MR) is 76.8 cm³/mol. The summed E-state index contributed by atoms with van der Waals surface area (Å²) in [6.07, 6.45) is -4.45. The van der Waals surface area contributed by atoms with Gasteiger partial charge in [0.05, 0.1) is 11.0 Å². The van der Waals surface area contributed by atoms with E-state index in [2.05, 4.69) is 30.9 Å². The standard InChI is InChI=1S/C12H8BrF3N4O2/c13-5-1-2-7-8(3-5)20-11(19-7)18-4-6(10(21)22)9(17)12(14,15)16/h1-4H,17H2,(H,19,20)(H,21,22). The highest BCUT2D eigenvalue weighted by Crippen LogP contribution is 2.24. The lowest BCUT2D eigenvalue weighted by Crippen LogP contribution is -2.25. The number of aliphatic carboxylic acids is 1. The molecule has 0 fully saturated rings. The van der Waals surface area contributed by atoms with Gasteiger partial charge in [0, 0.05) is 10.7 Å². The molecule has 2 aromatic rings. The van der Waals surface area contributed by atoms with Crippen molar-refractivity contribution in [1.29, 1.82) is 0 Å². The van der Waals surface area contributed by atoms with Gasteiger partial charge in [-0.15, -0.1) is 0 Å². The Morgan fingerprint density at radius 3 is 2.73 bits per heavy atom. The lowest BCUT2D eigenvalue weighted by molar-refractivity contribution is -0.133. The lowest BCUT2D eigenvalue weighted by atomic mass is 10.2. The third-order valence-corrected chi connectivity index (χ3v) is 3.07. The van der Waals surface area contributed by atoms with E-state index in [1.165, 1.54) is 0 Å². The molecule has 22 heavy (non-hydrogen) atoms. The summed E-state index contributed by atoms with van der Waals surface area (Å²) in [6, 6.07) is 5.08. The van der Waals surface area contributed by atoms with Gasteiger partial charge in [0.2, 0.25) is 5.95 Å². The number of H-pyrrole nitrogens is 1. The van der Waals surface area contributed by atoms with E-state index in [-0.39, 0.29) is 5.95 Å².